The molecule has 1 N–H and O–H groups in total. The molecule has 13 heavy (non-hydrogen) atoms. The maximum atomic E-state index is 10.8. The van der Waals surface area contributed by atoms with E-state index in [-0.39, 0.29) is 0 Å². The maximum absolute atomic E-state index is 10.8. The van der Waals surface area contributed by atoms with Gasteiger partial charge in [0.2, 0.25) is 0 Å². The van der Waals surface area contributed by atoms with Gasteiger partial charge in [0.15, 0.2) is 0 Å². The molecule has 2 heteroatoms. The highest BCUT2D eigenvalue weighted by Crippen LogP contribution is 2.26. The van der Waals surface area contributed by atoms with Crippen LogP contribution in [-0.4, -0.2) is 11.1 Å². The molecule has 0 fully saturated rings. The van der Waals surface area contributed by atoms with Crippen LogP contribution >= 0.6 is 0 Å². The summed E-state index contributed by atoms with van der Waals surface area (Å²) in [5, 5.41) is 8.90. The van der Waals surface area contributed by atoms with Crippen LogP contribution < -0.4 is 0 Å². The van der Waals surface area contributed by atoms with Gasteiger partial charge in [-0.05, 0) is 33.1 Å². The van der Waals surface area contributed by atoms with Crippen molar-refractivity contribution in [3.8, 4) is 0 Å². The Morgan fingerprint density at radius 3 is 2.46 bits per heavy atom. The zero-order valence-electron chi connectivity index (χ0n) is 8.47. The van der Waals surface area contributed by atoms with Crippen molar-refractivity contribution < 1.29 is 9.90 Å². The lowest BCUT2D eigenvalue weighted by molar-refractivity contribution is -0.145. The van der Waals surface area contributed by atoms with Gasteiger partial charge in [-0.15, -0.1) is 13.2 Å². The fourth-order valence-corrected chi connectivity index (χ4v) is 1.05. The predicted molar refractivity (Wildman–Crippen MR) is 54.6 cm³/mol. The molecule has 0 unspecified atom stereocenters. The van der Waals surface area contributed by atoms with Crippen molar-refractivity contribution in [2.75, 3.05) is 0 Å². The van der Waals surface area contributed by atoms with Gasteiger partial charge in [-0.25, -0.2) is 0 Å². The van der Waals surface area contributed by atoms with Crippen molar-refractivity contribution in [3.05, 3.63) is 24.8 Å². The van der Waals surface area contributed by atoms with Crippen LogP contribution in [0.25, 0.3) is 0 Å². The minimum Gasteiger partial charge on any atom is -0.481 e. The molecule has 0 aliphatic heterocycles. The van der Waals surface area contributed by atoms with E-state index in [9.17, 15) is 4.79 Å². The van der Waals surface area contributed by atoms with Crippen LogP contribution in [0.3, 0.4) is 0 Å². The van der Waals surface area contributed by atoms with Crippen LogP contribution in [-0.2, 0) is 4.79 Å². The molecule has 0 aromatic heterocycles. The van der Waals surface area contributed by atoms with Crippen LogP contribution in [0.1, 0.15) is 33.1 Å². The number of allylic oxidation sites excluding steroid dienone is 1. The number of aliphatic carboxylic acids is 1. The molecule has 74 valence electrons. The van der Waals surface area contributed by atoms with E-state index >= 15 is 0 Å². The molecule has 0 spiro atoms. The summed E-state index contributed by atoms with van der Waals surface area (Å²) < 4.78 is 0. The molecule has 0 saturated heterocycles. The summed E-state index contributed by atoms with van der Waals surface area (Å²) in [7, 11) is 0. The average Bonchev–Trinajstić information content (AvgIpc) is 2.03. The van der Waals surface area contributed by atoms with E-state index in [1.54, 1.807) is 6.92 Å². The number of rotatable bonds is 6. The highest BCUT2D eigenvalue weighted by Gasteiger charge is 2.28. The fourth-order valence-electron chi connectivity index (χ4n) is 1.05. The largest absolute Gasteiger partial charge is 0.481 e. The van der Waals surface area contributed by atoms with Crippen molar-refractivity contribution in [2.45, 2.75) is 33.1 Å². The van der Waals surface area contributed by atoms with Gasteiger partial charge < -0.3 is 5.11 Å². The van der Waals surface area contributed by atoms with Gasteiger partial charge in [-0.1, -0.05) is 11.6 Å². The highest BCUT2D eigenvalue weighted by atomic mass is 16.4. The van der Waals surface area contributed by atoms with Gasteiger partial charge in [0.1, 0.15) is 0 Å². The first-order chi connectivity index (χ1) is 5.92. The van der Waals surface area contributed by atoms with E-state index in [0.29, 0.717) is 6.42 Å². The van der Waals surface area contributed by atoms with E-state index in [4.69, 9.17) is 5.11 Å². The molecular weight excluding hydrogens is 164 g/mol. The summed E-state index contributed by atoms with van der Waals surface area (Å²) in [6.45, 7) is 11.0. The summed E-state index contributed by atoms with van der Waals surface area (Å²) in [4.78, 5) is 10.8. The Morgan fingerprint density at radius 1 is 1.62 bits per heavy atom. The van der Waals surface area contributed by atoms with Crippen LogP contribution in [0.5, 0.6) is 0 Å². The number of carbonyl (C=O) groups is 1. The zero-order valence-corrected chi connectivity index (χ0v) is 8.47. The van der Waals surface area contributed by atoms with E-state index in [1.807, 2.05) is 6.92 Å². The quantitative estimate of drug-likeness (QED) is 0.641. The summed E-state index contributed by atoms with van der Waals surface area (Å²) in [6, 6.07) is 0. The Balaban J connectivity index is 4.06. The van der Waals surface area contributed by atoms with Crippen LogP contribution in [0.2, 0.25) is 0 Å². The van der Waals surface area contributed by atoms with E-state index < -0.39 is 11.4 Å². The maximum Gasteiger partial charge on any atom is 0.313 e. The van der Waals surface area contributed by atoms with Gasteiger partial charge in [0.25, 0.3) is 0 Å². The molecule has 2 nitrogen and oxygen atoms in total. The molecule has 0 aromatic rings. The van der Waals surface area contributed by atoms with Gasteiger partial charge in [0.05, 0.1) is 5.41 Å². The van der Waals surface area contributed by atoms with Gasteiger partial charge in [-0.3, -0.25) is 4.79 Å². The molecule has 0 aliphatic rings. The van der Waals surface area contributed by atoms with Crippen molar-refractivity contribution in [3.63, 3.8) is 0 Å². The minimum atomic E-state index is -0.802. The number of carboxylic acids is 1. The zero-order chi connectivity index (χ0) is 10.5. The third-order valence-corrected chi connectivity index (χ3v) is 2.24. The standard InChI is InChI=1S/C11H18O2/c1-5-11(4,10(12)13)8-6-7-9(2)3/h5H,1-2,6-8H2,3-4H3,(H,12,13)/t11-/m0/s1. The predicted octanol–water partition coefficient (Wildman–Crippen LogP) is 3.01. The summed E-state index contributed by atoms with van der Waals surface area (Å²) in [5.74, 6) is -0.802. The second kappa shape index (κ2) is 4.85. The summed E-state index contributed by atoms with van der Waals surface area (Å²) in [6.07, 6.45) is 3.87. The van der Waals surface area contributed by atoms with Gasteiger partial charge in [0, 0.05) is 0 Å². The molecular formula is C11H18O2. The molecule has 0 heterocycles. The third kappa shape index (κ3) is 3.92. The van der Waals surface area contributed by atoms with Crippen molar-refractivity contribution in [1.82, 2.24) is 0 Å². The topological polar surface area (TPSA) is 37.3 Å². The number of hydrogen-bond acceptors (Lipinski definition) is 1. The smallest absolute Gasteiger partial charge is 0.313 e. The van der Waals surface area contributed by atoms with E-state index in [2.05, 4.69) is 13.2 Å². The van der Waals surface area contributed by atoms with Crippen molar-refractivity contribution in [2.24, 2.45) is 5.41 Å². The molecule has 0 amide bonds. The van der Waals surface area contributed by atoms with Crippen molar-refractivity contribution >= 4 is 5.97 Å². The first kappa shape index (κ1) is 11.9. The number of carboxylic acid groups (broad SMARTS) is 1. The molecule has 0 radical (unpaired) electrons. The average molecular weight is 182 g/mol. The Labute approximate surface area is 80.0 Å². The van der Waals surface area contributed by atoms with E-state index in [1.165, 1.54) is 6.08 Å². The molecule has 0 aromatic carbocycles. The summed E-state index contributed by atoms with van der Waals surface area (Å²) >= 11 is 0. The van der Waals surface area contributed by atoms with Gasteiger partial charge in [-0.2, -0.15) is 0 Å². The van der Waals surface area contributed by atoms with Crippen LogP contribution in [0, 0.1) is 5.41 Å². The van der Waals surface area contributed by atoms with Gasteiger partial charge >= 0.3 is 5.97 Å². The SMILES string of the molecule is C=C[C@@](C)(CCCC(=C)C)C(=O)O. The van der Waals surface area contributed by atoms with Crippen LogP contribution in [0.15, 0.2) is 24.8 Å². The number of hydrogen-bond donors (Lipinski definition) is 1. The molecule has 1 atom stereocenters. The molecule has 0 aliphatic carbocycles. The first-order valence-corrected chi connectivity index (χ1v) is 4.44. The highest BCUT2D eigenvalue weighted by molar-refractivity contribution is 5.76. The molecule has 0 saturated carbocycles. The Bertz CT molecular complexity index is 218. The second-order valence-electron chi connectivity index (χ2n) is 3.74. The minimum absolute atomic E-state index is 0.624. The molecule has 0 bridgehead atoms. The molecule has 0 rings (SSSR count). The first-order valence-electron chi connectivity index (χ1n) is 4.44. The Kier molecular flexibility index (Phi) is 4.46. The van der Waals surface area contributed by atoms with Crippen LogP contribution in [0.4, 0.5) is 0 Å². The lowest BCUT2D eigenvalue weighted by Gasteiger charge is -2.19. The summed E-state index contributed by atoms with van der Waals surface area (Å²) in [5.41, 5.74) is 0.312. The second-order valence-corrected chi connectivity index (χ2v) is 3.74. The third-order valence-electron chi connectivity index (χ3n) is 2.24. The Morgan fingerprint density at radius 2 is 2.15 bits per heavy atom. The van der Waals surface area contributed by atoms with E-state index in [0.717, 1.165) is 18.4 Å². The Hall–Kier alpha value is -1.05. The normalized spacial score (nSPS) is 14.6. The fraction of sp³-hybridized carbons (Fsp3) is 0.545. The lowest BCUT2D eigenvalue weighted by atomic mass is 9.85. The van der Waals surface area contributed by atoms with Crippen molar-refractivity contribution in [1.29, 1.82) is 0 Å². The monoisotopic (exact) mass is 182 g/mol. The lowest BCUT2D eigenvalue weighted by Crippen LogP contribution is -2.24.